The summed E-state index contributed by atoms with van der Waals surface area (Å²) >= 11 is 5.94. The van der Waals surface area contributed by atoms with E-state index in [0.29, 0.717) is 24.6 Å². The van der Waals surface area contributed by atoms with E-state index in [0.717, 1.165) is 53.2 Å². The molecule has 0 saturated carbocycles. The Morgan fingerprint density at radius 2 is 1.76 bits per heavy atom. The van der Waals surface area contributed by atoms with Crippen LogP contribution in [0.1, 0.15) is 36.6 Å². The standard InChI is InChI=1S/C28H28ClN3O2/c1-20-8-2-4-10-25(20)32-19-21(18-27(32)33)28-30-24-9-3-5-11-26(24)31(28)16-6-7-17-34-23-14-12-22(29)13-15-23/h2-5,8-15,21H,6-7,16-19H2,1H3. The number of ether oxygens (including phenoxy) is 1. The zero-order valence-corrected chi connectivity index (χ0v) is 20.0. The fraction of sp³-hybridized carbons (Fsp3) is 0.286. The zero-order valence-electron chi connectivity index (χ0n) is 19.3. The van der Waals surface area contributed by atoms with Crippen LogP contribution in [0.4, 0.5) is 5.69 Å². The van der Waals surface area contributed by atoms with Crippen molar-refractivity contribution in [2.45, 2.75) is 38.6 Å². The predicted octanol–water partition coefficient (Wildman–Crippen LogP) is 6.38. The Bertz CT molecular complexity index is 1300. The van der Waals surface area contributed by atoms with E-state index < -0.39 is 0 Å². The van der Waals surface area contributed by atoms with Crippen molar-refractivity contribution in [3.8, 4) is 5.75 Å². The first kappa shape index (κ1) is 22.5. The van der Waals surface area contributed by atoms with Gasteiger partial charge in [0.1, 0.15) is 11.6 Å². The van der Waals surface area contributed by atoms with Gasteiger partial charge in [0.25, 0.3) is 0 Å². The molecule has 6 heteroatoms. The number of amides is 1. The lowest BCUT2D eigenvalue weighted by Crippen LogP contribution is -2.25. The predicted molar refractivity (Wildman–Crippen MR) is 137 cm³/mol. The number of aromatic nitrogens is 2. The van der Waals surface area contributed by atoms with Crippen molar-refractivity contribution in [2.24, 2.45) is 0 Å². The molecular formula is C28H28ClN3O2. The molecule has 3 aromatic carbocycles. The number of fused-ring (bicyclic) bond motifs is 1. The highest BCUT2D eigenvalue weighted by molar-refractivity contribution is 6.30. The van der Waals surface area contributed by atoms with Crippen LogP contribution in [0.2, 0.25) is 5.02 Å². The summed E-state index contributed by atoms with van der Waals surface area (Å²) in [6.07, 6.45) is 2.37. The van der Waals surface area contributed by atoms with Gasteiger partial charge < -0.3 is 14.2 Å². The van der Waals surface area contributed by atoms with E-state index in [1.165, 1.54) is 0 Å². The van der Waals surface area contributed by atoms with Crippen molar-refractivity contribution in [1.29, 1.82) is 0 Å². The topological polar surface area (TPSA) is 47.4 Å². The molecule has 4 aromatic rings. The molecule has 1 unspecified atom stereocenters. The van der Waals surface area contributed by atoms with E-state index in [1.54, 1.807) is 0 Å². The molecule has 0 spiro atoms. The quantitative estimate of drug-likeness (QED) is 0.279. The van der Waals surface area contributed by atoms with Crippen LogP contribution >= 0.6 is 11.6 Å². The first-order valence-electron chi connectivity index (χ1n) is 11.8. The van der Waals surface area contributed by atoms with Gasteiger partial charge in [0.2, 0.25) is 5.91 Å². The Balaban J connectivity index is 1.30. The minimum Gasteiger partial charge on any atom is -0.494 e. The molecule has 34 heavy (non-hydrogen) atoms. The lowest BCUT2D eigenvalue weighted by atomic mass is 10.1. The summed E-state index contributed by atoms with van der Waals surface area (Å²) in [6.45, 7) is 4.20. The highest BCUT2D eigenvalue weighted by atomic mass is 35.5. The van der Waals surface area contributed by atoms with Crippen LogP contribution in [0.3, 0.4) is 0 Å². The SMILES string of the molecule is Cc1ccccc1N1CC(c2nc3ccccc3n2CCCCOc2ccc(Cl)cc2)CC1=O. The number of hydrogen-bond acceptors (Lipinski definition) is 3. The number of benzene rings is 3. The van der Waals surface area contributed by atoms with Crippen molar-refractivity contribution in [2.75, 3.05) is 18.1 Å². The molecule has 0 aliphatic carbocycles. The average Bonchev–Trinajstić information content (AvgIpc) is 3.41. The van der Waals surface area contributed by atoms with Gasteiger partial charge in [-0.25, -0.2) is 4.98 Å². The number of rotatable bonds is 8. The molecule has 5 rings (SSSR count). The van der Waals surface area contributed by atoms with Crippen LogP contribution in [-0.2, 0) is 11.3 Å². The van der Waals surface area contributed by atoms with E-state index >= 15 is 0 Å². The maximum Gasteiger partial charge on any atom is 0.227 e. The van der Waals surface area contributed by atoms with Gasteiger partial charge in [-0.3, -0.25) is 4.79 Å². The van der Waals surface area contributed by atoms with Gasteiger partial charge in [-0.15, -0.1) is 0 Å². The maximum atomic E-state index is 13.0. The Morgan fingerprint density at radius 1 is 1.00 bits per heavy atom. The van der Waals surface area contributed by atoms with Gasteiger partial charge in [0.05, 0.1) is 17.6 Å². The number of hydrogen-bond donors (Lipinski definition) is 0. The Kier molecular flexibility index (Phi) is 6.54. The van der Waals surface area contributed by atoms with E-state index in [2.05, 4.69) is 29.7 Å². The van der Waals surface area contributed by atoms with Crippen molar-refractivity contribution >= 4 is 34.2 Å². The molecule has 1 aliphatic heterocycles. The summed E-state index contributed by atoms with van der Waals surface area (Å²) in [6, 6.07) is 23.8. The first-order chi connectivity index (χ1) is 16.6. The molecule has 1 aromatic heterocycles. The number of aryl methyl sites for hydroxylation is 2. The van der Waals surface area contributed by atoms with Crippen LogP contribution in [0.25, 0.3) is 11.0 Å². The highest BCUT2D eigenvalue weighted by Gasteiger charge is 2.35. The third-order valence-electron chi connectivity index (χ3n) is 6.44. The lowest BCUT2D eigenvalue weighted by molar-refractivity contribution is -0.117. The third-order valence-corrected chi connectivity index (χ3v) is 6.69. The minimum absolute atomic E-state index is 0.0739. The molecule has 174 valence electrons. The molecule has 0 radical (unpaired) electrons. The molecule has 0 bridgehead atoms. The molecule has 0 N–H and O–H groups in total. The van der Waals surface area contributed by atoms with Crippen molar-refractivity contribution in [3.05, 3.63) is 89.2 Å². The van der Waals surface area contributed by atoms with Crippen molar-refractivity contribution in [3.63, 3.8) is 0 Å². The summed E-state index contributed by atoms with van der Waals surface area (Å²) in [5, 5.41) is 0.707. The fourth-order valence-corrected chi connectivity index (χ4v) is 4.84. The largest absolute Gasteiger partial charge is 0.494 e. The number of carbonyl (C=O) groups is 1. The van der Waals surface area contributed by atoms with Crippen molar-refractivity contribution < 1.29 is 9.53 Å². The number of nitrogens with zero attached hydrogens (tertiary/aromatic N) is 3. The fourth-order valence-electron chi connectivity index (χ4n) is 4.71. The van der Waals surface area contributed by atoms with Crippen LogP contribution in [0, 0.1) is 6.92 Å². The van der Waals surface area contributed by atoms with Gasteiger partial charge in [-0.2, -0.15) is 0 Å². The molecular weight excluding hydrogens is 446 g/mol. The second kappa shape index (κ2) is 9.90. The van der Waals surface area contributed by atoms with Crippen molar-refractivity contribution in [1.82, 2.24) is 9.55 Å². The number of imidazole rings is 1. The Hall–Kier alpha value is -3.31. The number of para-hydroxylation sites is 3. The van der Waals surface area contributed by atoms with Crippen LogP contribution in [0.5, 0.6) is 5.75 Å². The van der Waals surface area contributed by atoms with Crippen LogP contribution in [0.15, 0.2) is 72.8 Å². The monoisotopic (exact) mass is 473 g/mol. The number of halogens is 1. The van der Waals surface area contributed by atoms with E-state index in [-0.39, 0.29) is 11.8 Å². The molecule has 1 amide bonds. The summed E-state index contributed by atoms with van der Waals surface area (Å²) < 4.78 is 8.15. The van der Waals surface area contributed by atoms with E-state index in [1.807, 2.05) is 59.5 Å². The van der Waals surface area contributed by atoms with E-state index in [4.69, 9.17) is 21.3 Å². The highest BCUT2D eigenvalue weighted by Crippen LogP contribution is 2.34. The maximum absolute atomic E-state index is 13.0. The van der Waals surface area contributed by atoms with E-state index in [9.17, 15) is 4.79 Å². The van der Waals surface area contributed by atoms with Crippen LogP contribution < -0.4 is 9.64 Å². The summed E-state index contributed by atoms with van der Waals surface area (Å²) in [7, 11) is 0. The second-order valence-corrected chi connectivity index (χ2v) is 9.25. The molecule has 5 nitrogen and oxygen atoms in total. The average molecular weight is 474 g/mol. The Morgan fingerprint density at radius 3 is 2.59 bits per heavy atom. The smallest absolute Gasteiger partial charge is 0.227 e. The van der Waals surface area contributed by atoms with Gasteiger partial charge in [0, 0.05) is 36.1 Å². The Labute approximate surface area is 204 Å². The minimum atomic E-state index is 0.0739. The van der Waals surface area contributed by atoms with Gasteiger partial charge in [-0.05, 0) is 67.8 Å². The molecule has 1 aliphatic rings. The number of anilines is 1. The van der Waals surface area contributed by atoms with Gasteiger partial charge in [0.15, 0.2) is 0 Å². The van der Waals surface area contributed by atoms with Gasteiger partial charge >= 0.3 is 0 Å². The first-order valence-corrected chi connectivity index (χ1v) is 12.2. The summed E-state index contributed by atoms with van der Waals surface area (Å²) in [5.41, 5.74) is 4.22. The summed E-state index contributed by atoms with van der Waals surface area (Å²) in [4.78, 5) is 19.9. The zero-order chi connectivity index (χ0) is 23.5. The second-order valence-electron chi connectivity index (χ2n) is 8.81. The molecule has 1 saturated heterocycles. The van der Waals surface area contributed by atoms with Gasteiger partial charge in [-0.1, -0.05) is 41.9 Å². The molecule has 1 fully saturated rings. The lowest BCUT2D eigenvalue weighted by Gasteiger charge is -2.19. The number of carbonyl (C=O) groups excluding carboxylic acids is 1. The molecule has 2 heterocycles. The third kappa shape index (κ3) is 4.66. The summed E-state index contributed by atoms with van der Waals surface area (Å²) in [5.74, 6) is 2.07. The number of unbranched alkanes of at least 4 members (excludes halogenated alkanes) is 1. The normalized spacial score (nSPS) is 15.9. The molecule has 1 atom stereocenters. The van der Waals surface area contributed by atoms with Crippen LogP contribution in [-0.4, -0.2) is 28.6 Å².